The van der Waals surface area contributed by atoms with E-state index in [1.165, 1.54) is 28.4 Å². The van der Waals surface area contributed by atoms with E-state index in [1.54, 1.807) is 41.3 Å². The van der Waals surface area contributed by atoms with Gasteiger partial charge in [0.25, 0.3) is 5.91 Å². The van der Waals surface area contributed by atoms with Gasteiger partial charge in [0.05, 0.1) is 34.0 Å². The SMILES string of the molecule is COC(=O)c1ccc(OC(=O)N2CCC(C3CCN(C(=O)c4cc(OC)c(OC)c(OC)c4)CC3)CC2)cc1. The van der Waals surface area contributed by atoms with Crippen LogP contribution in [0.1, 0.15) is 46.4 Å². The van der Waals surface area contributed by atoms with Crippen molar-refractivity contribution in [2.45, 2.75) is 25.7 Å². The second kappa shape index (κ2) is 12.7. The molecule has 2 saturated heterocycles. The Hall–Kier alpha value is -3.95. The lowest BCUT2D eigenvalue weighted by atomic mass is 9.79. The minimum atomic E-state index is -0.439. The molecule has 4 rings (SSSR count). The Bertz CT molecular complexity index is 1140. The smallest absolute Gasteiger partial charge is 0.415 e. The monoisotopic (exact) mass is 540 g/mol. The second-order valence-corrected chi connectivity index (χ2v) is 9.75. The molecular weight excluding hydrogens is 504 g/mol. The third kappa shape index (κ3) is 6.38. The Morgan fingerprint density at radius 3 is 1.67 bits per heavy atom. The summed E-state index contributed by atoms with van der Waals surface area (Å²) >= 11 is 0. The average Bonchev–Trinajstić information content (AvgIpc) is 3.00. The highest BCUT2D eigenvalue weighted by molar-refractivity contribution is 5.95. The van der Waals surface area contributed by atoms with Crippen LogP contribution in [0.25, 0.3) is 0 Å². The van der Waals surface area contributed by atoms with Gasteiger partial charge in [-0.1, -0.05) is 0 Å². The molecule has 2 aromatic carbocycles. The van der Waals surface area contributed by atoms with Crippen molar-refractivity contribution in [2.75, 3.05) is 54.6 Å². The maximum Gasteiger partial charge on any atom is 0.415 e. The Morgan fingerprint density at radius 1 is 0.692 bits per heavy atom. The van der Waals surface area contributed by atoms with Crippen LogP contribution in [0, 0.1) is 11.8 Å². The Kier molecular flexibility index (Phi) is 9.16. The molecule has 2 aliphatic heterocycles. The topological polar surface area (TPSA) is 104 Å². The number of nitrogens with zero attached hydrogens (tertiary/aromatic N) is 2. The lowest BCUT2D eigenvalue weighted by molar-refractivity contribution is 0.0593. The molecule has 0 unspecified atom stereocenters. The Balaban J connectivity index is 1.26. The molecule has 0 saturated carbocycles. The van der Waals surface area contributed by atoms with E-state index in [2.05, 4.69) is 4.74 Å². The fraction of sp³-hybridized carbons (Fsp3) is 0.483. The summed E-state index contributed by atoms with van der Waals surface area (Å²) in [6.45, 7) is 2.64. The Morgan fingerprint density at radius 2 is 1.21 bits per heavy atom. The van der Waals surface area contributed by atoms with Gasteiger partial charge in [0, 0.05) is 31.7 Å². The average molecular weight is 541 g/mol. The van der Waals surface area contributed by atoms with E-state index in [1.807, 2.05) is 4.90 Å². The van der Waals surface area contributed by atoms with Crippen molar-refractivity contribution in [2.24, 2.45) is 11.8 Å². The van der Waals surface area contributed by atoms with Gasteiger partial charge in [-0.05, 0) is 73.9 Å². The van der Waals surface area contributed by atoms with Gasteiger partial charge in [0.1, 0.15) is 5.75 Å². The molecule has 10 heteroatoms. The van der Waals surface area contributed by atoms with E-state index in [0.29, 0.717) is 72.1 Å². The van der Waals surface area contributed by atoms with Crippen molar-refractivity contribution in [3.63, 3.8) is 0 Å². The predicted molar refractivity (Wildman–Crippen MR) is 143 cm³/mol. The van der Waals surface area contributed by atoms with Crippen LogP contribution in [-0.2, 0) is 4.74 Å². The number of esters is 1. The number of likely N-dealkylation sites (tertiary alicyclic amines) is 2. The highest BCUT2D eigenvalue weighted by Crippen LogP contribution is 2.39. The maximum atomic E-state index is 13.2. The largest absolute Gasteiger partial charge is 0.493 e. The number of piperidine rings is 2. The van der Waals surface area contributed by atoms with E-state index < -0.39 is 5.97 Å². The summed E-state index contributed by atoms with van der Waals surface area (Å²) in [5.74, 6) is 2.29. The normalized spacial score (nSPS) is 16.4. The number of carbonyl (C=O) groups is 3. The molecule has 0 atom stereocenters. The number of rotatable bonds is 7. The molecule has 0 N–H and O–H groups in total. The number of carbonyl (C=O) groups excluding carboxylic acids is 3. The van der Waals surface area contributed by atoms with Gasteiger partial charge in [0.15, 0.2) is 11.5 Å². The Labute approximate surface area is 228 Å². The second-order valence-electron chi connectivity index (χ2n) is 9.75. The number of hydrogen-bond donors (Lipinski definition) is 0. The fourth-order valence-electron chi connectivity index (χ4n) is 5.46. The van der Waals surface area contributed by atoms with Crippen molar-refractivity contribution in [3.05, 3.63) is 47.5 Å². The molecule has 2 aromatic rings. The van der Waals surface area contributed by atoms with E-state index in [9.17, 15) is 14.4 Å². The van der Waals surface area contributed by atoms with Crippen molar-refractivity contribution in [1.29, 1.82) is 0 Å². The molecule has 0 spiro atoms. The summed E-state index contributed by atoms with van der Waals surface area (Å²) in [6.07, 6.45) is 3.28. The number of methoxy groups -OCH3 is 4. The summed E-state index contributed by atoms with van der Waals surface area (Å²) < 4.78 is 26.4. The molecule has 39 heavy (non-hydrogen) atoms. The maximum absolute atomic E-state index is 13.2. The summed E-state index contributed by atoms with van der Waals surface area (Å²) in [4.78, 5) is 41.1. The zero-order valence-corrected chi connectivity index (χ0v) is 22.9. The minimum absolute atomic E-state index is 0.0510. The lowest BCUT2D eigenvalue weighted by Crippen LogP contribution is -2.44. The van der Waals surface area contributed by atoms with Crippen LogP contribution in [0.2, 0.25) is 0 Å². The van der Waals surface area contributed by atoms with E-state index >= 15 is 0 Å². The molecule has 0 aromatic heterocycles. The van der Waals surface area contributed by atoms with Crippen LogP contribution in [0.15, 0.2) is 36.4 Å². The summed E-state index contributed by atoms with van der Waals surface area (Å²) in [5.41, 5.74) is 0.906. The summed E-state index contributed by atoms with van der Waals surface area (Å²) in [6, 6.07) is 9.70. The van der Waals surface area contributed by atoms with Gasteiger partial charge in [-0.25, -0.2) is 9.59 Å². The lowest BCUT2D eigenvalue weighted by Gasteiger charge is -2.40. The minimum Gasteiger partial charge on any atom is -0.493 e. The molecule has 0 radical (unpaired) electrons. The van der Waals surface area contributed by atoms with Gasteiger partial charge in [-0.2, -0.15) is 0 Å². The number of amides is 2. The van der Waals surface area contributed by atoms with Crippen LogP contribution in [-0.4, -0.2) is 82.4 Å². The molecule has 210 valence electrons. The summed E-state index contributed by atoms with van der Waals surface area (Å²) in [5, 5.41) is 0. The van der Waals surface area contributed by atoms with Gasteiger partial charge in [-0.15, -0.1) is 0 Å². The van der Waals surface area contributed by atoms with Crippen molar-refractivity contribution in [3.8, 4) is 23.0 Å². The number of hydrogen-bond acceptors (Lipinski definition) is 8. The standard InChI is InChI=1S/C29H36N2O8/c1-35-24-17-22(18-25(36-2)26(24)37-3)27(32)30-13-9-19(10-14-30)20-11-15-31(16-12-20)29(34)39-23-7-5-21(6-8-23)28(33)38-4/h5-8,17-20H,9-16H2,1-4H3. The third-order valence-corrected chi connectivity index (χ3v) is 7.68. The fourth-order valence-corrected chi connectivity index (χ4v) is 5.46. The van der Waals surface area contributed by atoms with E-state index in [-0.39, 0.29) is 12.0 Å². The summed E-state index contributed by atoms with van der Waals surface area (Å²) in [7, 11) is 5.92. The van der Waals surface area contributed by atoms with Gasteiger partial charge in [-0.3, -0.25) is 4.79 Å². The number of ether oxygens (including phenoxy) is 5. The molecule has 0 aliphatic carbocycles. The van der Waals surface area contributed by atoms with Crippen LogP contribution >= 0.6 is 0 Å². The molecule has 2 amide bonds. The molecule has 2 aliphatic rings. The van der Waals surface area contributed by atoms with Crippen LogP contribution in [0.4, 0.5) is 4.79 Å². The predicted octanol–water partition coefficient (Wildman–Crippen LogP) is 4.26. The van der Waals surface area contributed by atoms with Crippen LogP contribution < -0.4 is 18.9 Å². The quantitative estimate of drug-likeness (QED) is 0.480. The first-order chi connectivity index (χ1) is 18.9. The zero-order valence-electron chi connectivity index (χ0n) is 22.9. The molecular formula is C29H36N2O8. The first-order valence-corrected chi connectivity index (χ1v) is 13.1. The van der Waals surface area contributed by atoms with Gasteiger partial charge >= 0.3 is 12.1 Å². The zero-order chi connectivity index (χ0) is 27.9. The van der Waals surface area contributed by atoms with Crippen LogP contribution in [0.5, 0.6) is 23.0 Å². The molecule has 10 nitrogen and oxygen atoms in total. The van der Waals surface area contributed by atoms with Crippen molar-refractivity contribution in [1.82, 2.24) is 9.80 Å². The first kappa shape index (κ1) is 28.1. The van der Waals surface area contributed by atoms with Crippen molar-refractivity contribution < 1.29 is 38.1 Å². The highest BCUT2D eigenvalue weighted by Gasteiger charge is 2.33. The van der Waals surface area contributed by atoms with Crippen LogP contribution in [0.3, 0.4) is 0 Å². The molecule has 2 heterocycles. The third-order valence-electron chi connectivity index (χ3n) is 7.68. The van der Waals surface area contributed by atoms with E-state index in [4.69, 9.17) is 18.9 Å². The van der Waals surface area contributed by atoms with Gasteiger partial charge < -0.3 is 33.5 Å². The van der Waals surface area contributed by atoms with E-state index in [0.717, 1.165) is 25.7 Å². The molecule has 2 fully saturated rings. The molecule has 0 bridgehead atoms. The van der Waals surface area contributed by atoms with Gasteiger partial charge in [0.2, 0.25) is 5.75 Å². The number of benzene rings is 2. The first-order valence-electron chi connectivity index (χ1n) is 13.1. The van der Waals surface area contributed by atoms with Crippen molar-refractivity contribution >= 4 is 18.0 Å². The highest BCUT2D eigenvalue weighted by atomic mass is 16.6.